The second-order valence-electron chi connectivity index (χ2n) is 7.95. The molecule has 2 aliphatic rings. The summed E-state index contributed by atoms with van der Waals surface area (Å²) < 4.78 is 6.31. The van der Waals surface area contributed by atoms with Gasteiger partial charge in [-0.3, -0.25) is 4.79 Å². The summed E-state index contributed by atoms with van der Waals surface area (Å²) in [6.07, 6.45) is 5.97. The molecular weight excluding hydrogens is 266 g/mol. The van der Waals surface area contributed by atoms with E-state index in [2.05, 4.69) is 26.1 Å². The Morgan fingerprint density at radius 3 is 2.57 bits per heavy atom. The molecule has 4 unspecified atom stereocenters. The number of carboxylic acids is 1. The fraction of sp³-hybridized carbons (Fsp3) is 0.941. The van der Waals surface area contributed by atoms with Gasteiger partial charge in [-0.1, -0.05) is 27.7 Å². The maximum atomic E-state index is 11.6. The van der Waals surface area contributed by atoms with E-state index in [1.165, 1.54) is 6.42 Å². The normalized spacial score (nSPS) is 39.3. The molecule has 0 aliphatic heterocycles. The number of rotatable bonds is 5. The molecule has 4 nitrogen and oxygen atoms in total. The minimum Gasteiger partial charge on any atom is -0.480 e. The molecule has 4 atom stereocenters. The Labute approximate surface area is 128 Å². The number of hydrogen-bond donors (Lipinski definition) is 2. The fourth-order valence-electron chi connectivity index (χ4n) is 4.52. The first-order valence-corrected chi connectivity index (χ1v) is 8.40. The molecule has 0 radical (unpaired) electrons. The van der Waals surface area contributed by atoms with E-state index in [9.17, 15) is 9.90 Å². The van der Waals surface area contributed by atoms with Crippen molar-refractivity contribution in [3.63, 3.8) is 0 Å². The smallest absolute Gasteiger partial charge is 0.323 e. The first-order valence-electron chi connectivity index (χ1n) is 8.40. The van der Waals surface area contributed by atoms with E-state index in [-0.39, 0.29) is 6.10 Å². The van der Waals surface area contributed by atoms with Crippen LogP contribution in [0, 0.1) is 11.3 Å². The molecule has 0 bridgehead atoms. The summed E-state index contributed by atoms with van der Waals surface area (Å²) in [5.41, 5.74) is -0.429. The van der Waals surface area contributed by atoms with Crippen LogP contribution in [0.1, 0.15) is 66.2 Å². The highest BCUT2D eigenvalue weighted by Crippen LogP contribution is 2.42. The van der Waals surface area contributed by atoms with Gasteiger partial charge in [-0.25, -0.2) is 0 Å². The van der Waals surface area contributed by atoms with Crippen molar-refractivity contribution in [2.24, 2.45) is 11.3 Å². The van der Waals surface area contributed by atoms with Gasteiger partial charge in [0.05, 0.1) is 12.2 Å². The van der Waals surface area contributed by atoms with Crippen LogP contribution in [0.4, 0.5) is 0 Å². The zero-order chi connectivity index (χ0) is 15.7. The monoisotopic (exact) mass is 297 g/mol. The molecule has 0 saturated heterocycles. The molecule has 122 valence electrons. The van der Waals surface area contributed by atoms with Gasteiger partial charge in [-0.2, -0.15) is 0 Å². The number of carbonyl (C=O) groups is 1. The van der Waals surface area contributed by atoms with Gasteiger partial charge in [-0.05, 0) is 50.0 Å². The molecule has 0 heterocycles. The van der Waals surface area contributed by atoms with Gasteiger partial charge >= 0.3 is 5.97 Å². The summed E-state index contributed by atoms with van der Waals surface area (Å²) in [6.45, 7) is 9.57. The lowest BCUT2D eigenvalue weighted by molar-refractivity contribution is -0.145. The van der Waals surface area contributed by atoms with Crippen molar-refractivity contribution < 1.29 is 14.6 Å². The number of likely N-dealkylation sites (N-methyl/N-ethyl adjacent to an activating group) is 1. The summed E-state index contributed by atoms with van der Waals surface area (Å²) in [7, 11) is 0. The van der Waals surface area contributed by atoms with Crippen LogP contribution in [0.5, 0.6) is 0 Å². The lowest BCUT2D eigenvalue weighted by Gasteiger charge is -2.40. The second kappa shape index (κ2) is 6.25. The van der Waals surface area contributed by atoms with Gasteiger partial charge < -0.3 is 15.2 Å². The molecule has 2 aliphatic carbocycles. The summed E-state index contributed by atoms with van der Waals surface area (Å²) in [5.74, 6) is -0.0362. The molecular formula is C17H31NO3. The van der Waals surface area contributed by atoms with Crippen molar-refractivity contribution in [3.8, 4) is 0 Å². The Kier molecular flexibility index (Phi) is 4.99. The predicted octanol–water partition coefficient (Wildman–Crippen LogP) is 3.20. The lowest BCUT2D eigenvalue weighted by atomic mass is 9.71. The van der Waals surface area contributed by atoms with Crippen LogP contribution in [0.2, 0.25) is 0 Å². The minimum atomic E-state index is -0.769. The number of carboxylic acid groups (broad SMARTS) is 1. The average Bonchev–Trinajstić information content (AvgIpc) is 2.71. The zero-order valence-corrected chi connectivity index (χ0v) is 13.9. The lowest BCUT2D eigenvalue weighted by Crippen LogP contribution is -2.50. The summed E-state index contributed by atoms with van der Waals surface area (Å²) >= 11 is 0. The minimum absolute atomic E-state index is 0.0891. The van der Waals surface area contributed by atoms with Crippen LogP contribution in [-0.2, 0) is 9.53 Å². The van der Waals surface area contributed by atoms with Gasteiger partial charge in [0.15, 0.2) is 0 Å². The zero-order valence-electron chi connectivity index (χ0n) is 13.9. The van der Waals surface area contributed by atoms with Crippen molar-refractivity contribution in [1.82, 2.24) is 5.32 Å². The van der Waals surface area contributed by atoms with E-state index in [0.29, 0.717) is 36.8 Å². The highest BCUT2D eigenvalue weighted by atomic mass is 16.5. The summed E-state index contributed by atoms with van der Waals surface area (Å²) in [5, 5.41) is 12.7. The largest absolute Gasteiger partial charge is 0.480 e. The van der Waals surface area contributed by atoms with Gasteiger partial charge in [0.25, 0.3) is 0 Å². The van der Waals surface area contributed by atoms with Crippen molar-refractivity contribution in [2.75, 3.05) is 6.54 Å². The third-order valence-electron chi connectivity index (χ3n) is 5.13. The third kappa shape index (κ3) is 3.98. The van der Waals surface area contributed by atoms with E-state index < -0.39 is 11.5 Å². The highest BCUT2D eigenvalue weighted by Gasteiger charge is 2.46. The van der Waals surface area contributed by atoms with Crippen molar-refractivity contribution >= 4 is 5.97 Å². The molecule has 2 N–H and O–H groups in total. The first-order chi connectivity index (χ1) is 9.76. The van der Waals surface area contributed by atoms with Crippen LogP contribution in [-0.4, -0.2) is 35.4 Å². The fourth-order valence-corrected chi connectivity index (χ4v) is 4.52. The molecule has 0 amide bonds. The van der Waals surface area contributed by atoms with Crippen LogP contribution >= 0.6 is 0 Å². The second-order valence-corrected chi connectivity index (χ2v) is 7.95. The quantitative estimate of drug-likeness (QED) is 0.818. The van der Waals surface area contributed by atoms with Gasteiger partial charge in [0.1, 0.15) is 5.54 Å². The van der Waals surface area contributed by atoms with Crippen molar-refractivity contribution in [2.45, 2.75) is 84.0 Å². The number of aliphatic carboxylic acids is 1. The Hall–Kier alpha value is -0.610. The van der Waals surface area contributed by atoms with Gasteiger partial charge in [-0.15, -0.1) is 0 Å². The standard InChI is InChI=1S/C17H31NO3/c1-5-18-17(15(19)20)7-6-13(11-17)21-14-8-12(2)9-16(3,4)10-14/h12-14,18H,5-11H2,1-4H3,(H,19,20). The molecule has 0 aromatic rings. The van der Waals surface area contributed by atoms with Crippen molar-refractivity contribution in [1.29, 1.82) is 0 Å². The number of nitrogens with one attached hydrogen (secondary N) is 1. The molecule has 0 aromatic carbocycles. The topological polar surface area (TPSA) is 58.6 Å². The van der Waals surface area contributed by atoms with E-state index in [1.807, 2.05) is 6.92 Å². The molecule has 4 heteroatoms. The van der Waals surface area contributed by atoms with E-state index in [4.69, 9.17) is 4.74 Å². The molecule has 21 heavy (non-hydrogen) atoms. The van der Waals surface area contributed by atoms with E-state index in [1.54, 1.807) is 0 Å². The van der Waals surface area contributed by atoms with E-state index in [0.717, 1.165) is 19.3 Å². The Bertz CT molecular complexity index is 382. The molecule has 2 saturated carbocycles. The Morgan fingerprint density at radius 2 is 2.00 bits per heavy atom. The number of hydrogen-bond acceptors (Lipinski definition) is 3. The summed E-state index contributed by atoms with van der Waals surface area (Å²) in [4.78, 5) is 11.6. The summed E-state index contributed by atoms with van der Waals surface area (Å²) in [6, 6.07) is 0. The van der Waals surface area contributed by atoms with Crippen LogP contribution in [0.25, 0.3) is 0 Å². The van der Waals surface area contributed by atoms with Crippen LogP contribution in [0.3, 0.4) is 0 Å². The SMILES string of the molecule is CCNC1(C(=O)O)CCC(OC2CC(C)CC(C)(C)C2)C1. The molecule has 0 spiro atoms. The first kappa shape index (κ1) is 16.8. The Balaban J connectivity index is 1.94. The maximum Gasteiger partial charge on any atom is 0.323 e. The van der Waals surface area contributed by atoms with Crippen molar-refractivity contribution in [3.05, 3.63) is 0 Å². The number of ether oxygens (including phenoxy) is 1. The van der Waals surface area contributed by atoms with Gasteiger partial charge in [0, 0.05) is 6.42 Å². The van der Waals surface area contributed by atoms with E-state index >= 15 is 0 Å². The third-order valence-corrected chi connectivity index (χ3v) is 5.13. The predicted molar refractivity (Wildman–Crippen MR) is 83.4 cm³/mol. The average molecular weight is 297 g/mol. The van der Waals surface area contributed by atoms with Crippen LogP contribution < -0.4 is 5.32 Å². The van der Waals surface area contributed by atoms with Gasteiger partial charge in [0.2, 0.25) is 0 Å². The van der Waals surface area contributed by atoms with Crippen LogP contribution in [0.15, 0.2) is 0 Å². The molecule has 2 fully saturated rings. The highest BCUT2D eigenvalue weighted by molar-refractivity contribution is 5.79. The molecule has 2 rings (SSSR count). The molecule has 0 aromatic heterocycles. The maximum absolute atomic E-state index is 11.6. The Morgan fingerprint density at radius 1 is 1.29 bits per heavy atom.